The number of rotatable bonds is 8. The number of hydrogen-bond donors (Lipinski definition) is 1. The second kappa shape index (κ2) is 9.40. The van der Waals surface area contributed by atoms with Crippen molar-refractivity contribution < 1.29 is 9.59 Å². The molecule has 0 unspecified atom stereocenters. The molecule has 0 radical (unpaired) electrons. The highest BCUT2D eigenvalue weighted by Gasteiger charge is 2.12. The molecule has 21 heavy (non-hydrogen) atoms. The molecule has 0 fully saturated rings. The normalized spacial score (nSPS) is 10.2. The molecule has 1 aromatic carbocycles. The molecule has 1 N–H and O–H groups in total. The van der Waals surface area contributed by atoms with Gasteiger partial charge in [-0.05, 0) is 24.1 Å². The van der Waals surface area contributed by atoms with Crippen molar-refractivity contribution in [3.05, 3.63) is 34.9 Å². The molecule has 0 spiro atoms. The van der Waals surface area contributed by atoms with Gasteiger partial charge in [0.25, 0.3) is 0 Å². The van der Waals surface area contributed by atoms with E-state index >= 15 is 0 Å². The zero-order chi connectivity index (χ0) is 15.7. The topological polar surface area (TPSA) is 49.4 Å². The first-order valence-corrected chi connectivity index (χ1v) is 7.67. The molecule has 116 valence electrons. The van der Waals surface area contributed by atoms with Crippen molar-refractivity contribution in [3.8, 4) is 0 Å². The monoisotopic (exact) mass is 310 g/mol. The maximum Gasteiger partial charge on any atom is 0.239 e. The summed E-state index contributed by atoms with van der Waals surface area (Å²) in [5.41, 5.74) is 0.980. The minimum Gasteiger partial charge on any atom is -0.350 e. The minimum absolute atomic E-state index is 0.0623. The lowest BCUT2D eigenvalue weighted by molar-refractivity contribution is -0.134. The average molecular weight is 311 g/mol. The summed E-state index contributed by atoms with van der Waals surface area (Å²) in [6.07, 6.45) is 3.09. The smallest absolute Gasteiger partial charge is 0.239 e. The fourth-order valence-electron chi connectivity index (χ4n) is 1.93. The molecule has 4 nitrogen and oxygen atoms in total. The summed E-state index contributed by atoms with van der Waals surface area (Å²) in [7, 11) is 0. The number of carbonyl (C=O) groups is 2. The van der Waals surface area contributed by atoms with Crippen molar-refractivity contribution in [1.29, 1.82) is 0 Å². The van der Waals surface area contributed by atoms with Crippen LogP contribution in [0, 0.1) is 0 Å². The van der Waals surface area contributed by atoms with Crippen LogP contribution in [-0.4, -0.2) is 29.8 Å². The summed E-state index contributed by atoms with van der Waals surface area (Å²) in [5, 5.41) is 3.49. The van der Waals surface area contributed by atoms with E-state index < -0.39 is 0 Å². The van der Waals surface area contributed by atoms with E-state index in [1.165, 1.54) is 6.92 Å². The van der Waals surface area contributed by atoms with E-state index in [1.54, 1.807) is 17.0 Å². The summed E-state index contributed by atoms with van der Waals surface area (Å²) in [6, 6.07) is 7.31. The molecule has 1 aromatic rings. The molecule has 0 aliphatic rings. The molecule has 2 amide bonds. The van der Waals surface area contributed by atoms with E-state index in [4.69, 9.17) is 11.6 Å². The number of benzene rings is 1. The fraction of sp³-hybridized carbons (Fsp3) is 0.500. The predicted octanol–water partition coefficient (Wildman–Crippen LogP) is 2.99. The summed E-state index contributed by atoms with van der Waals surface area (Å²) < 4.78 is 0. The lowest BCUT2D eigenvalue weighted by atomic mass is 10.2. The van der Waals surface area contributed by atoms with Gasteiger partial charge in [-0.25, -0.2) is 0 Å². The van der Waals surface area contributed by atoms with Crippen LogP contribution in [0.4, 0.5) is 0 Å². The molecule has 0 saturated carbocycles. The number of hydrogen-bond acceptors (Lipinski definition) is 2. The quantitative estimate of drug-likeness (QED) is 0.750. The molecule has 0 aromatic heterocycles. The molecular weight excluding hydrogens is 288 g/mol. The van der Waals surface area contributed by atoms with Crippen LogP contribution in [0.15, 0.2) is 24.3 Å². The third-order valence-corrected chi connectivity index (χ3v) is 3.47. The van der Waals surface area contributed by atoms with Gasteiger partial charge in [0.1, 0.15) is 0 Å². The van der Waals surface area contributed by atoms with E-state index in [-0.39, 0.29) is 18.4 Å². The Hall–Kier alpha value is -1.55. The van der Waals surface area contributed by atoms with Crippen LogP contribution in [-0.2, 0) is 16.1 Å². The Bertz CT molecular complexity index is 460. The Morgan fingerprint density at radius 3 is 2.43 bits per heavy atom. The number of unbranched alkanes of at least 4 members (excludes halogenated alkanes) is 2. The van der Waals surface area contributed by atoms with Gasteiger partial charge in [-0.15, -0.1) is 0 Å². The summed E-state index contributed by atoms with van der Waals surface area (Å²) in [5.74, 6) is -0.204. The van der Waals surface area contributed by atoms with Crippen LogP contribution in [0.2, 0.25) is 5.02 Å². The van der Waals surface area contributed by atoms with Gasteiger partial charge in [0.05, 0.1) is 6.54 Å². The largest absolute Gasteiger partial charge is 0.350 e. The zero-order valence-corrected chi connectivity index (χ0v) is 13.4. The Labute approximate surface area is 131 Å². The first kappa shape index (κ1) is 17.5. The van der Waals surface area contributed by atoms with Gasteiger partial charge >= 0.3 is 0 Å². The van der Waals surface area contributed by atoms with Crippen LogP contribution >= 0.6 is 11.6 Å². The molecule has 0 saturated heterocycles. The molecule has 0 atom stereocenters. The first-order chi connectivity index (χ1) is 10.0. The van der Waals surface area contributed by atoms with Gasteiger partial charge in [-0.2, -0.15) is 0 Å². The molecule has 5 heteroatoms. The average Bonchev–Trinajstić information content (AvgIpc) is 2.45. The van der Waals surface area contributed by atoms with Crippen molar-refractivity contribution in [2.75, 3.05) is 13.1 Å². The Kier molecular flexibility index (Phi) is 7.83. The van der Waals surface area contributed by atoms with Crippen LogP contribution in [0.5, 0.6) is 0 Å². The van der Waals surface area contributed by atoms with Gasteiger partial charge in [-0.3, -0.25) is 9.59 Å². The first-order valence-electron chi connectivity index (χ1n) is 7.29. The highest BCUT2D eigenvalue weighted by Crippen LogP contribution is 2.09. The second-order valence-corrected chi connectivity index (χ2v) is 5.49. The Balaban J connectivity index is 2.39. The highest BCUT2D eigenvalue weighted by molar-refractivity contribution is 6.30. The molecule has 0 bridgehead atoms. The van der Waals surface area contributed by atoms with Gasteiger partial charge < -0.3 is 10.2 Å². The van der Waals surface area contributed by atoms with Crippen LogP contribution in [0.1, 0.15) is 38.7 Å². The van der Waals surface area contributed by atoms with Crippen LogP contribution in [0.25, 0.3) is 0 Å². The summed E-state index contributed by atoms with van der Waals surface area (Å²) in [6.45, 7) is 4.80. The van der Waals surface area contributed by atoms with E-state index in [0.29, 0.717) is 18.1 Å². The maximum atomic E-state index is 11.9. The van der Waals surface area contributed by atoms with Crippen molar-refractivity contribution >= 4 is 23.4 Å². The number of carbonyl (C=O) groups excluding carboxylic acids is 2. The van der Waals surface area contributed by atoms with Crippen molar-refractivity contribution in [2.45, 2.75) is 39.7 Å². The second-order valence-electron chi connectivity index (χ2n) is 5.05. The number of amides is 2. The van der Waals surface area contributed by atoms with Crippen LogP contribution < -0.4 is 5.32 Å². The SMILES string of the molecule is CCCCCN(CC(=O)NCc1ccc(Cl)cc1)C(C)=O. The molecule has 0 aliphatic carbocycles. The predicted molar refractivity (Wildman–Crippen MR) is 85.1 cm³/mol. The fourth-order valence-corrected chi connectivity index (χ4v) is 2.06. The molecule has 0 aliphatic heterocycles. The Morgan fingerprint density at radius 1 is 1.19 bits per heavy atom. The lowest BCUT2D eigenvalue weighted by Crippen LogP contribution is -2.40. The zero-order valence-electron chi connectivity index (χ0n) is 12.7. The summed E-state index contributed by atoms with van der Waals surface area (Å²) >= 11 is 5.81. The van der Waals surface area contributed by atoms with Gasteiger partial charge in [0, 0.05) is 25.0 Å². The molecule has 1 rings (SSSR count). The van der Waals surface area contributed by atoms with Gasteiger partial charge in [0.2, 0.25) is 11.8 Å². The highest BCUT2D eigenvalue weighted by atomic mass is 35.5. The molecular formula is C16H23ClN2O2. The van der Waals surface area contributed by atoms with Crippen molar-refractivity contribution in [2.24, 2.45) is 0 Å². The number of halogens is 1. The van der Waals surface area contributed by atoms with E-state index in [2.05, 4.69) is 12.2 Å². The van der Waals surface area contributed by atoms with Gasteiger partial charge in [-0.1, -0.05) is 43.5 Å². The Morgan fingerprint density at radius 2 is 1.86 bits per heavy atom. The van der Waals surface area contributed by atoms with E-state index in [0.717, 1.165) is 24.8 Å². The standard InChI is InChI=1S/C16H23ClN2O2/c1-3-4-5-10-19(13(2)20)12-16(21)18-11-14-6-8-15(17)9-7-14/h6-9H,3-5,10-12H2,1-2H3,(H,18,21). The number of nitrogens with zero attached hydrogens (tertiary/aromatic N) is 1. The lowest BCUT2D eigenvalue weighted by Gasteiger charge is -2.20. The maximum absolute atomic E-state index is 11.9. The van der Waals surface area contributed by atoms with Crippen LogP contribution in [0.3, 0.4) is 0 Å². The van der Waals surface area contributed by atoms with Crippen molar-refractivity contribution in [3.63, 3.8) is 0 Å². The summed E-state index contributed by atoms with van der Waals surface area (Å²) in [4.78, 5) is 25.0. The van der Waals surface area contributed by atoms with Gasteiger partial charge in [0.15, 0.2) is 0 Å². The third-order valence-electron chi connectivity index (χ3n) is 3.21. The number of nitrogens with one attached hydrogen (secondary N) is 1. The minimum atomic E-state index is -0.142. The van der Waals surface area contributed by atoms with Crippen molar-refractivity contribution in [1.82, 2.24) is 10.2 Å². The third kappa shape index (κ3) is 7.14. The van der Waals surface area contributed by atoms with E-state index in [1.807, 2.05) is 12.1 Å². The van der Waals surface area contributed by atoms with E-state index in [9.17, 15) is 9.59 Å². The molecule has 0 heterocycles.